The molecule has 1 saturated carbocycles. The van der Waals surface area contributed by atoms with E-state index in [1.165, 1.54) is 24.0 Å². The minimum atomic E-state index is 0.0962. The van der Waals surface area contributed by atoms with Gasteiger partial charge in [0.05, 0.1) is 12.7 Å². The Morgan fingerprint density at radius 3 is 2.43 bits per heavy atom. The largest absolute Gasteiger partial charge is 0.368 e. The molecule has 0 saturated heterocycles. The molecule has 3 heteroatoms. The van der Waals surface area contributed by atoms with Crippen molar-refractivity contribution in [3.05, 3.63) is 70.2 Å². The van der Waals surface area contributed by atoms with Gasteiger partial charge in [0, 0.05) is 17.1 Å². The summed E-state index contributed by atoms with van der Waals surface area (Å²) < 4.78 is 7.25. The predicted molar refractivity (Wildman–Crippen MR) is 89.1 cm³/mol. The molecule has 0 aliphatic heterocycles. The number of rotatable bonds is 7. The first kappa shape index (κ1) is 14.8. The van der Waals surface area contributed by atoms with Crippen molar-refractivity contribution in [2.45, 2.75) is 31.6 Å². The highest BCUT2D eigenvalue weighted by Gasteiger charge is 2.22. The molecule has 0 amide bonds. The minimum absolute atomic E-state index is 0.0962. The number of benzene rings is 2. The lowest BCUT2D eigenvalue weighted by atomic mass is 10.1. The summed E-state index contributed by atoms with van der Waals surface area (Å²) in [4.78, 5) is 0. The highest BCUT2D eigenvalue weighted by atomic mass is 79.9. The van der Waals surface area contributed by atoms with Crippen molar-refractivity contribution >= 4 is 15.9 Å². The van der Waals surface area contributed by atoms with Crippen LogP contribution in [0.3, 0.4) is 0 Å². The Bertz CT molecular complexity index is 551. The summed E-state index contributed by atoms with van der Waals surface area (Å²) >= 11 is 3.49. The van der Waals surface area contributed by atoms with Crippen molar-refractivity contribution in [2.75, 3.05) is 6.54 Å². The van der Waals surface area contributed by atoms with E-state index in [4.69, 9.17) is 4.74 Å². The smallest absolute Gasteiger partial charge is 0.0953 e. The van der Waals surface area contributed by atoms with Crippen molar-refractivity contribution < 1.29 is 4.74 Å². The zero-order valence-electron chi connectivity index (χ0n) is 12.0. The van der Waals surface area contributed by atoms with Crippen LogP contribution in [0.4, 0.5) is 0 Å². The summed E-state index contributed by atoms with van der Waals surface area (Å²) in [5.41, 5.74) is 2.44. The Balaban J connectivity index is 1.64. The van der Waals surface area contributed by atoms with E-state index in [1.807, 2.05) is 6.07 Å². The Morgan fingerprint density at radius 1 is 1.05 bits per heavy atom. The molecule has 1 aliphatic rings. The predicted octanol–water partition coefficient (Wildman–Crippen LogP) is 4.46. The summed E-state index contributed by atoms with van der Waals surface area (Å²) in [7, 11) is 0. The molecule has 110 valence electrons. The normalized spacial score (nSPS) is 15.9. The Kier molecular flexibility index (Phi) is 5.07. The van der Waals surface area contributed by atoms with Crippen LogP contribution in [0.25, 0.3) is 0 Å². The second-order valence-corrected chi connectivity index (χ2v) is 6.43. The molecule has 2 aromatic carbocycles. The lowest BCUT2D eigenvalue weighted by molar-refractivity contribution is 0.0395. The van der Waals surface area contributed by atoms with Crippen LogP contribution >= 0.6 is 15.9 Å². The van der Waals surface area contributed by atoms with Crippen LogP contribution in [0.15, 0.2) is 59.1 Å². The van der Waals surface area contributed by atoms with Crippen molar-refractivity contribution in [1.29, 1.82) is 0 Å². The minimum Gasteiger partial charge on any atom is -0.368 e. The van der Waals surface area contributed by atoms with E-state index in [1.54, 1.807) is 0 Å². The fraction of sp³-hybridized carbons (Fsp3) is 0.333. The highest BCUT2D eigenvalue weighted by molar-refractivity contribution is 9.10. The maximum atomic E-state index is 6.15. The van der Waals surface area contributed by atoms with Gasteiger partial charge in [-0.15, -0.1) is 0 Å². The topological polar surface area (TPSA) is 21.3 Å². The van der Waals surface area contributed by atoms with E-state index < -0.39 is 0 Å². The molecule has 1 fully saturated rings. The van der Waals surface area contributed by atoms with Gasteiger partial charge in [-0.25, -0.2) is 0 Å². The molecule has 0 aromatic heterocycles. The quantitative estimate of drug-likeness (QED) is 0.799. The van der Waals surface area contributed by atoms with E-state index in [0.717, 1.165) is 11.0 Å². The van der Waals surface area contributed by atoms with Gasteiger partial charge in [0.15, 0.2) is 0 Å². The second kappa shape index (κ2) is 7.21. The van der Waals surface area contributed by atoms with Crippen LogP contribution in [0.1, 0.15) is 30.1 Å². The summed E-state index contributed by atoms with van der Waals surface area (Å²) in [6, 6.07) is 19.5. The van der Waals surface area contributed by atoms with Crippen molar-refractivity contribution in [2.24, 2.45) is 0 Å². The first-order valence-corrected chi connectivity index (χ1v) is 8.25. The average molecular weight is 346 g/mol. The van der Waals surface area contributed by atoms with E-state index in [0.29, 0.717) is 12.6 Å². The maximum absolute atomic E-state index is 6.15. The zero-order chi connectivity index (χ0) is 14.5. The Labute approximate surface area is 134 Å². The van der Waals surface area contributed by atoms with Gasteiger partial charge >= 0.3 is 0 Å². The van der Waals surface area contributed by atoms with Gasteiger partial charge in [-0.05, 0) is 36.1 Å². The van der Waals surface area contributed by atoms with E-state index >= 15 is 0 Å². The van der Waals surface area contributed by atoms with Crippen LogP contribution in [0.5, 0.6) is 0 Å². The lowest BCUT2D eigenvalue weighted by Gasteiger charge is -2.19. The third kappa shape index (κ3) is 4.67. The van der Waals surface area contributed by atoms with E-state index in [2.05, 4.69) is 69.8 Å². The van der Waals surface area contributed by atoms with Crippen molar-refractivity contribution in [3.8, 4) is 0 Å². The van der Waals surface area contributed by atoms with Crippen LogP contribution in [0.2, 0.25) is 0 Å². The molecule has 1 N–H and O–H groups in total. The zero-order valence-corrected chi connectivity index (χ0v) is 13.6. The summed E-state index contributed by atoms with van der Waals surface area (Å²) in [6.45, 7) is 1.52. The molecule has 21 heavy (non-hydrogen) atoms. The molecule has 1 atom stereocenters. The third-order valence-corrected chi connectivity index (χ3v) is 4.23. The summed E-state index contributed by atoms with van der Waals surface area (Å²) in [5, 5.41) is 3.57. The number of hydrogen-bond acceptors (Lipinski definition) is 2. The molecule has 0 bridgehead atoms. The molecule has 2 aromatic rings. The monoisotopic (exact) mass is 345 g/mol. The summed E-state index contributed by atoms with van der Waals surface area (Å²) in [6.07, 6.45) is 2.69. The fourth-order valence-electron chi connectivity index (χ4n) is 2.28. The average Bonchev–Trinajstić information content (AvgIpc) is 3.34. The highest BCUT2D eigenvalue weighted by Crippen LogP contribution is 2.24. The maximum Gasteiger partial charge on any atom is 0.0953 e. The van der Waals surface area contributed by atoms with Crippen LogP contribution in [-0.2, 0) is 11.3 Å². The molecule has 1 unspecified atom stereocenters. The molecule has 1 aliphatic carbocycles. The number of halogens is 1. The fourth-order valence-corrected chi connectivity index (χ4v) is 2.55. The van der Waals surface area contributed by atoms with Gasteiger partial charge in [0.2, 0.25) is 0 Å². The van der Waals surface area contributed by atoms with Crippen molar-refractivity contribution in [3.63, 3.8) is 0 Å². The number of nitrogens with one attached hydrogen (secondary N) is 1. The standard InChI is InChI=1S/C18H20BrNO/c19-16-8-6-15(7-9-16)18(12-20-17-10-11-17)21-13-14-4-2-1-3-5-14/h1-9,17-18,20H,10-13H2. The van der Waals surface area contributed by atoms with Gasteiger partial charge in [-0.2, -0.15) is 0 Å². The molecule has 0 radical (unpaired) electrons. The van der Waals surface area contributed by atoms with Gasteiger partial charge in [0.1, 0.15) is 0 Å². The van der Waals surface area contributed by atoms with Gasteiger partial charge in [0.25, 0.3) is 0 Å². The first-order chi connectivity index (χ1) is 10.3. The lowest BCUT2D eigenvalue weighted by Crippen LogP contribution is -2.25. The van der Waals surface area contributed by atoms with Gasteiger partial charge in [-0.3, -0.25) is 0 Å². The van der Waals surface area contributed by atoms with Gasteiger partial charge < -0.3 is 10.1 Å². The van der Waals surface area contributed by atoms with Crippen LogP contribution in [-0.4, -0.2) is 12.6 Å². The van der Waals surface area contributed by atoms with Crippen LogP contribution < -0.4 is 5.32 Å². The number of ether oxygens (including phenoxy) is 1. The number of hydrogen-bond donors (Lipinski definition) is 1. The molecular formula is C18H20BrNO. The molecule has 0 spiro atoms. The third-order valence-electron chi connectivity index (χ3n) is 3.71. The SMILES string of the molecule is Brc1ccc(C(CNC2CC2)OCc2ccccc2)cc1. The van der Waals surface area contributed by atoms with Crippen molar-refractivity contribution in [1.82, 2.24) is 5.32 Å². The second-order valence-electron chi connectivity index (χ2n) is 5.52. The molecule has 3 rings (SSSR count). The Hall–Kier alpha value is -1.16. The molecule has 0 heterocycles. The first-order valence-electron chi connectivity index (χ1n) is 7.45. The molecule has 2 nitrogen and oxygen atoms in total. The van der Waals surface area contributed by atoms with Crippen LogP contribution in [0, 0.1) is 0 Å². The van der Waals surface area contributed by atoms with Gasteiger partial charge in [-0.1, -0.05) is 58.4 Å². The Morgan fingerprint density at radius 2 is 1.76 bits per heavy atom. The molecular weight excluding hydrogens is 326 g/mol. The summed E-state index contributed by atoms with van der Waals surface area (Å²) in [5.74, 6) is 0. The van der Waals surface area contributed by atoms with E-state index in [9.17, 15) is 0 Å². The van der Waals surface area contributed by atoms with E-state index in [-0.39, 0.29) is 6.10 Å².